The van der Waals surface area contributed by atoms with Gasteiger partial charge in [0.25, 0.3) is 0 Å². The summed E-state index contributed by atoms with van der Waals surface area (Å²) in [5.74, 6) is 0.545. The van der Waals surface area contributed by atoms with Crippen molar-refractivity contribution in [3.8, 4) is 5.75 Å². The molecule has 8 heteroatoms. The topological polar surface area (TPSA) is 46.6 Å². The fourth-order valence-electron chi connectivity index (χ4n) is 3.45. The number of benzene rings is 3. The molecule has 0 aliphatic carbocycles. The van der Waals surface area contributed by atoms with E-state index in [0.717, 1.165) is 35.0 Å². The molecule has 0 aromatic heterocycles. The van der Waals surface area contributed by atoms with E-state index >= 15 is 0 Å². The fraction of sp³-hybridized carbons (Fsp3) is 0.238. The van der Waals surface area contributed by atoms with Crippen molar-refractivity contribution in [1.82, 2.24) is 4.31 Å². The second kappa shape index (κ2) is 7.35. The van der Waals surface area contributed by atoms with Crippen LogP contribution in [0.2, 0.25) is 0 Å². The van der Waals surface area contributed by atoms with Gasteiger partial charge in [-0.05, 0) is 53.6 Å². The molecule has 3 aromatic carbocycles. The van der Waals surface area contributed by atoms with Crippen LogP contribution in [0.15, 0.2) is 71.6 Å². The number of hydrogen-bond acceptors (Lipinski definition) is 3. The third kappa shape index (κ3) is 3.95. The Morgan fingerprint density at radius 2 is 1.62 bits per heavy atom. The Labute approximate surface area is 166 Å². The summed E-state index contributed by atoms with van der Waals surface area (Å²) < 4.78 is 71.4. The molecule has 0 radical (unpaired) electrons. The van der Waals surface area contributed by atoms with Crippen molar-refractivity contribution in [2.75, 3.05) is 6.54 Å². The highest BCUT2D eigenvalue weighted by atomic mass is 32.2. The molecule has 0 N–H and O–H groups in total. The lowest BCUT2D eigenvalue weighted by molar-refractivity contribution is -0.137. The summed E-state index contributed by atoms with van der Waals surface area (Å²) >= 11 is 0. The van der Waals surface area contributed by atoms with Gasteiger partial charge in [-0.1, -0.05) is 30.3 Å². The van der Waals surface area contributed by atoms with Crippen LogP contribution < -0.4 is 4.74 Å². The number of fused-ring (bicyclic) bond motifs is 1. The van der Waals surface area contributed by atoms with Crippen molar-refractivity contribution in [2.24, 2.45) is 0 Å². The lowest BCUT2D eigenvalue weighted by Crippen LogP contribution is -2.39. The minimum Gasteiger partial charge on any atom is -0.474 e. The fourth-order valence-corrected chi connectivity index (χ4v) is 5.03. The van der Waals surface area contributed by atoms with Crippen LogP contribution in [0.4, 0.5) is 13.2 Å². The summed E-state index contributed by atoms with van der Waals surface area (Å²) in [7, 11) is -3.97. The minimum atomic E-state index is -4.52. The Balaban J connectivity index is 1.58. The van der Waals surface area contributed by atoms with E-state index in [4.69, 9.17) is 4.74 Å². The van der Waals surface area contributed by atoms with Crippen LogP contribution in [0.3, 0.4) is 0 Å². The SMILES string of the molecule is O=S(=O)(c1ccc(C(F)(F)F)cc1)N1CCC[C@@H]1Oc1ccc2ccccc2c1. The zero-order chi connectivity index (χ0) is 20.6. The molecule has 1 fully saturated rings. The molecule has 4 rings (SSSR count). The number of alkyl halides is 3. The largest absolute Gasteiger partial charge is 0.474 e. The number of ether oxygens (including phenoxy) is 1. The van der Waals surface area contributed by atoms with Gasteiger partial charge < -0.3 is 4.74 Å². The van der Waals surface area contributed by atoms with E-state index in [-0.39, 0.29) is 11.4 Å². The van der Waals surface area contributed by atoms with Crippen molar-refractivity contribution >= 4 is 20.8 Å². The zero-order valence-corrected chi connectivity index (χ0v) is 16.1. The number of rotatable bonds is 4. The van der Waals surface area contributed by atoms with Crippen molar-refractivity contribution in [3.63, 3.8) is 0 Å². The maximum Gasteiger partial charge on any atom is 0.416 e. The number of sulfonamides is 1. The van der Waals surface area contributed by atoms with Crippen LogP contribution in [0, 0.1) is 0 Å². The van der Waals surface area contributed by atoms with Crippen molar-refractivity contribution in [3.05, 3.63) is 72.3 Å². The van der Waals surface area contributed by atoms with Crippen LogP contribution >= 0.6 is 0 Å². The van der Waals surface area contributed by atoms with Gasteiger partial charge in [-0.15, -0.1) is 0 Å². The maximum absolute atomic E-state index is 13.0. The van der Waals surface area contributed by atoms with Gasteiger partial charge in [0.15, 0.2) is 6.23 Å². The predicted molar refractivity (Wildman–Crippen MR) is 103 cm³/mol. The first-order valence-corrected chi connectivity index (χ1v) is 10.5. The summed E-state index contributed by atoms with van der Waals surface area (Å²) in [4.78, 5) is -0.181. The summed E-state index contributed by atoms with van der Waals surface area (Å²) in [6.07, 6.45) is -4.11. The Hall–Kier alpha value is -2.58. The molecule has 1 saturated heterocycles. The second-order valence-corrected chi connectivity index (χ2v) is 8.75. The molecule has 0 unspecified atom stereocenters. The molecular formula is C21H18F3NO3S. The number of hydrogen-bond donors (Lipinski definition) is 0. The van der Waals surface area contributed by atoms with Gasteiger partial charge in [0.05, 0.1) is 10.5 Å². The van der Waals surface area contributed by atoms with Gasteiger partial charge in [-0.3, -0.25) is 0 Å². The van der Waals surface area contributed by atoms with Crippen LogP contribution in [0.1, 0.15) is 18.4 Å². The molecule has 1 aliphatic heterocycles. The van der Waals surface area contributed by atoms with Gasteiger partial charge in [-0.2, -0.15) is 17.5 Å². The van der Waals surface area contributed by atoms with E-state index in [9.17, 15) is 21.6 Å². The maximum atomic E-state index is 13.0. The van der Waals surface area contributed by atoms with E-state index in [1.807, 2.05) is 36.4 Å². The number of halogens is 3. The Kier molecular flexibility index (Phi) is 5.00. The molecule has 1 atom stereocenters. The zero-order valence-electron chi connectivity index (χ0n) is 15.3. The summed E-state index contributed by atoms with van der Waals surface area (Å²) in [5.41, 5.74) is -0.887. The van der Waals surface area contributed by atoms with E-state index in [1.165, 1.54) is 4.31 Å². The first-order valence-electron chi connectivity index (χ1n) is 9.10. The van der Waals surface area contributed by atoms with Gasteiger partial charge >= 0.3 is 6.18 Å². The minimum absolute atomic E-state index is 0.181. The molecule has 0 spiro atoms. The monoisotopic (exact) mass is 421 g/mol. The highest BCUT2D eigenvalue weighted by Gasteiger charge is 2.37. The van der Waals surface area contributed by atoms with E-state index < -0.39 is 28.0 Å². The molecule has 152 valence electrons. The van der Waals surface area contributed by atoms with Gasteiger partial charge in [0, 0.05) is 13.0 Å². The van der Waals surface area contributed by atoms with Crippen molar-refractivity contribution in [2.45, 2.75) is 30.1 Å². The molecule has 1 heterocycles. The summed E-state index contributed by atoms with van der Waals surface area (Å²) in [6.45, 7) is 0.252. The van der Waals surface area contributed by atoms with E-state index in [0.29, 0.717) is 18.6 Å². The highest BCUT2D eigenvalue weighted by Crippen LogP contribution is 2.32. The third-order valence-corrected chi connectivity index (χ3v) is 6.84. The first kappa shape index (κ1) is 19.7. The number of nitrogens with zero attached hydrogens (tertiary/aromatic N) is 1. The Bertz CT molecular complexity index is 1130. The highest BCUT2D eigenvalue weighted by molar-refractivity contribution is 7.89. The van der Waals surface area contributed by atoms with Crippen molar-refractivity contribution in [1.29, 1.82) is 0 Å². The Morgan fingerprint density at radius 1 is 0.931 bits per heavy atom. The van der Waals surface area contributed by atoms with Gasteiger partial charge in [-0.25, -0.2) is 8.42 Å². The quantitative estimate of drug-likeness (QED) is 0.592. The molecule has 0 saturated carbocycles. The first-order chi connectivity index (χ1) is 13.7. The van der Waals surface area contributed by atoms with E-state index in [2.05, 4.69) is 0 Å². The average molecular weight is 421 g/mol. The predicted octanol–water partition coefficient (Wildman–Crippen LogP) is 5.05. The average Bonchev–Trinajstić information content (AvgIpc) is 3.16. The smallest absolute Gasteiger partial charge is 0.416 e. The summed E-state index contributed by atoms with van der Waals surface area (Å²) in [6, 6.07) is 16.8. The third-order valence-electron chi connectivity index (χ3n) is 4.93. The summed E-state index contributed by atoms with van der Waals surface area (Å²) in [5, 5.41) is 2.01. The molecule has 29 heavy (non-hydrogen) atoms. The van der Waals surface area contributed by atoms with Crippen molar-refractivity contribution < 1.29 is 26.3 Å². The molecule has 1 aliphatic rings. The standard InChI is InChI=1S/C21H18F3NO3S/c22-21(23,24)17-8-11-19(12-9-17)29(26,27)25-13-3-6-20(25)28-18-10-7-15-4-1-2-5-16(15)14-18/h1-2,4-5,7-12,14,20H,3,6,13H2/t20-/m0/s1. The lowest BCUT2D eigenvalue weighted by atomic mass is 10.1. The Morgan fingerprint density at radius 3 is 2.31 bits per heavy atom. The molecule has 0 bridgehead atoms. The van der Waals surface area contributed by atoms with Gasteiger partial charge in [0.2, 0.25) is 10.0 Å². The lowest BCUT2D eigenvalue weighted by Gasteiger charge is -2.25. The van der Waals surface area contributed by atoms with Crippen LogP contribution in [0.5, 0.6) is 5.75 Å². The molecule has 4 nitrogen and oxygen atoms in total. The van der Waals surface area contributed by atoms with Gasteiger partial charge in [0.1, 0.15) is 5.75 Å². The molecule has 3 aromatic rings. The normalized spacial score (nSPS) is 18.2. The molecular weight excluding hydrogens is 403 g/mol. The van der Waals surface area contributed by atoms with Crippen LogP contribution in [0.25, 0.3) is 10.8 Å². The van der Waals surface area contributed by atoms with Crippen LogP contribution in [-0.2, 0) is 16.2 Å². The molecule has 0 amide bonds. The van der Waals surface area contributed by atoms with E-state index in [1.54, 1.807) is 6.07 Å². The second-order valence-electron chi connectivity index (χ2n) is 6.86. The van der Waals surface area contributed by atoms with Crippen LogP contribution in [-0.4, -0.2) is 25.5 Å².